The Morgan fingerprint density at radius 1 is 1.16 bits per heavy atom. The second-order valence-electron chi connectivity index (χ2n) is 6.65. The van der Waals surface area contributed by atoms with Gasteiger partial charge in [-0.15, -0.1) is 11.8 Å². The maximum atomic E-state index is 12.9. The van der Waals surface area contributed by atoms with E-state index in [1.807, 2.05) is 23.9 Å². The van der Waals surface area contributed by atoms with E-state index >= 15 is 0 Å². The van der Waals surface area contributed by atoms with E-state index in [1.165, 1.54) is 18.6 Å². The van der Waals surface area contributed by atoms with E-state index in [4.69, 9.17) is 5.73 Å². The summed E-state index contributed by atoms with van der Waals surface area (Å²) >= 11 is 1.81. The third-order valence-electron chi connectivity index (χ3n) is 4.17. The molecule has 1 aliphatic rings. The molecule has 0 heterocycles. The SMILES string of the molecule is CC(C)(C)C1CCC(N)C(Sc2ccc(F)cc2)C1. The van der Waals surface area contributed by atoms with E-state index in [1.54, 1.807) is 0 Å². The number of nitrogens with two attached hydrogens (primary N) is 1. The van der Waals surface area contributed by atoms with Gasteiger partial charge in [0.1, 0.15) is 5.82 Å². The van der Waals surface area contributed by atoms with Crippen LogP contribution >= 0.6 is 11.8 Å². The molecule has 0 saturated heterocycles. The zero-order chi connectivity index (χ0) is 14.0. The third kappa shape index (κ3) is 3.96. The molecule has 3 heteroatoms. The van der Waals surface area contributed by atoms with Gasteiger partial charge >= 0.3 is 0 Å². The monoisotopic (exact) mass is 281 g/mol. The lowest BCUT2D eigenvalue weighted by Crippen LogP contribution is -2.41. The fourth-order valence-electron chi connectivity index (χ4n) is 2.76. The van der Waals surface area contributed by atoms with E-state index in [9.17, 15) is 4.39 Å². The smallest absolute Gasteiger partial charge is 0.123 e. The first-order valence-corrected chi connectivity index (χ1v) is 7.92. The summed E-state index contributed by atoms with van der Waals surface area (Å²) in [7, 11) is 0. The first kappa shape index (κ1) is 14.9. The molecule has 3 unspecified atom stereocenters. The molecule has 106 valence electrons. The fraction of sp³-hybridized carbons (Fsp3) is 0.625. The topological polar surface area (TPSA) is 26.0 Å². The number of halogens is 1. The van der Waals surface area contributed by atoms with E-state index < -0.39 is 0 Å². The summed E-state index contributed by atoms with van der Waals surface area (Å²) in [6.45, 7) is 6.94. The Morgan fingerprint density at radius 2 is 1.79 bits per heavy atom. The molecule has 1 aromatic rings. The molecule has 19 heavy (non-hydrogen) atoms. The number of rotatable bonds is 2. The van der Waals surface area contributed by atoms with Crippen molar-refractivity contribution >= 4 is 11.8 Å². The van der Waals surface area contributed by atoms with Crippen LogP contribution in [0.3, 0.4) is 0 Å². The van der Waals surface area contributed by atoms with E-state index in [2.05, 4.69) is 20.8 Å². The molecule has 0 amide bonds. The first-order valence-electron chi connectivity index (χ1n) is 7.04. The summed E-state index contributed by atoms with van der Waals surface area (Å²) in [5.74, 6) is 0.551. The van der Waals surface area contributed by atoms with E-state index in [0.29, 0.717) is 10.7 Å². The van der Waals surface area contributed by atoms with Gasteiger partial charge in [0.05, 0.1) is 0 Å². The second-order valence-corrected chi connectivity index (χ2v) is 7.96. The van der Waals surface area contributed by atoms with Gasteiger partial charge in [0.25, 0.3) is 0 Å². The summed E-state index contributed by atoms with van der Waals surface area (Å²) in [6.07, 6.45) is 3.48. The quantitative estimate of drug-likeness (QED) is 0.866. The average molecular weight is 281 g/mol. The third-order valence-corrected chi connectivity index (χ3v) is 5.56. The van der Waals surface area contributed by atoms with Crippen LogP contribution in [0.2, 0.25) is 0 Å². The van der Waals surface area contributed by atoms with Crippen molar-refractivity contribution < 1.29 is 4.39 Å². The average Bonchev–Trinajstić information content (AvgIpc) is 2.33. The lowest BCUT2D eigenvalue weighted by Gasteiger charge is -2.40. The lowest BCUT2D eigenvalue weighted by molar-refractivity contribution is 0.174. The molecule has 1 aliphatic carbocycles. The Bertz CT molecular complexity index is 410. The Hall–Kier alpha value is -0.540. The van der Waals surface area contributed by atoms with Crippen LogP contribution in [0.1, 0.15) is 40.0 Å². The predicted molar refractivity (Wildman–Crippen MR) is 80.8 cm³/mol. The van der Waals surface area contributed by atoms with Gasteiger partial charge < -0.3 is 5.73 Å². The van der Waals surface area contributed by atoms with Crippen LogP contribution in [0.15, 0.2) is 29.2 Å². The maximum Gasteiger partial charge on any atom is 0.123 e. The van der Waals surface area contributed by atoms with Crippen molar-refractivity contribution in [2.75, 3.05) is 0 Å². The van der Waals surface area contributed by atoms with Crippen LogP contribution in [0.4, 0.5) is 4.39 Å². The highest BCUT2D eigenvalue weighted by atomic mass is 32.2. The summed E-state index contributed by atoms with van der Waals surface area (Å²) < 4.78 is 12.9. The molecular weight excluding hydrogens is 257 g/mol. The summed E-state index contributed by atoms with van der Waals surface area (Å²) in [6, 6.07) is 7.02. The van der Waals surface area contributed by atoms with Crippen molar-refractivity contribution in [3.05, 3.63) is 30.1 Å². The van der Waals surface area contributed by atoms with Crippen LogP contribution in [0.5, 0.6) is 0 Å². The number of benzene rings is 1. The van der Waals surface area contributed by atoms with Gasteiger partial charge in [-0.3, -0.25) is 0 Å². The zero-order valence-electron chi connectivity index (χ0n) is 12.0. The van der Waals surface area contributed by atoms with Gasteiger partial charge in [-0.25, -0.2) is 4.39 Å². The summed E-state index contributed by atoms with van der Waals surface area (Å²) in [5.41, 5.74) is 6.62. The lowest BCUT2D eigenvalue weighted by atomic mass is 9.71. The van der Waals surface area contributed by atoms with Crippen molar-refractivity contribution in [2.24, 2.45) is 17.1 Å². The minimum Gasteiger partial charge on any atom is -0.327 e. The molecular formula is C16H24FNS. The largest absolute Gasteiger partial charge is 0.327 e. The maximum absolute atomic E-state index is 12.9. The molecule has 2 N–H and O–H groups in total. The fourth-order valence-corrected chi connectivity index (χ4v) is 4.04. The molecule has 0 aromatic heterocycles. The Morgan fingerprint density at radius 3 is 2.37 bits per heavy atom. The molecule has 3 atom stereocenters. The van der Waals surface area contributed by atoms with Crippen LogP contribution in [-0.2, 0) is 0 Å². The van der Waals surface area contributed by atoms with Gasteiger partial charge in [-0.1, -0.05) is 20.8 Å². The van der Waals surface area contributed by atoms with Crippen LogP contribution in [-0.4, -0.2) is 11.3 Å². The minimum absolute atomic E-state index is 0.176. The number of hydrogen-bond donors (Lipinski definition) is 1. The van der Waals surface area contributed by atoms with Crippen molar-refractivity contribution in [1.82, 2.24) is 0 Å². The van der Waals surface area contributed by atoms with Gasteiger partial charge in [0.15, 0.2) is 0 Å². The van der Waals surface area contributed by atoms with Crippen molar-refractivity contribution in [3.8, 4) is 0 Å². The van der Waals surface area contributed by atoms with Crippen LogP contribution in [0, 0.1) is 17.2 Å². The Balaban J connectivity index is 2.03. The molecule has 0 bridgehead atoms. The molecule has 1 saturated carbocycles. The van der Waals surface area contributed by atoms with Gasteiger partial charge in [0.2, 0.25) is 0 Å². The van der Waals surface area contributed by atoms with Crippen LogP contribution in [0.25, 0.3) is 0 Å². The van der Waals surface area contributed by atoms with Gasteiger partial charge in [0, 0.05) is 16.2 Å². The highest BCUT2D eigenvalue weighted by molar-refractivity contribution is 8.00. The molecule has 2 rings (SSSR count). The van der Waals surface area contributed by atoms with Crippen molar-refractivity contribution in [3.63, 3.8) is 0 Å². The van der Waals surface area contributed by atoms with Crippen LogP contribution < -0.4 is 5.73 Å². The Kier molecular flexibility index (Phi) is 4.57. The Labute approximate surface area is 120 Å². The van der Waals surface area contributed by atoms with E-state index in [0.717, 1.165) is 23.7 Å². The molecule has 0 spiro atoms. The normalized spacial score (nSPS) is 28.4. The number of thioether (sulfide) groups is 1. The predicted octanol–water partition coefficient (Wildman–Crippen LogP) is 4.46. The first-order chi connectivity index (χ1) is 8.86. The molecule has 1 fully saturated rings. The van der Waals surface area contributed by atoms with Gasteiger partial charge in [-0.2, -0.15) is 0 Å². The van der Waals surface area contributed by atoms with Crippen molar-refractivity contribution in [2.45, 2.75) is 56.2 Å². The molecule has 1 nitrogen and oxygen atoms in total. The minimum atomic E-state index is -0.176. The van der Waals surface area contributed by atoms with E-state index in [-0.39, 0.29) is 11.9 Å². The summed E-state index contributed by atoms with van der Waals surface area (Å²) in [4.78, 5) is 1.12. The van der Waals surface area contributed by atoms with Gasteiger partial charge in [-0.05, 0) is 54.9 Å². The summed E-state index contributed by atoms with van der Waals surface area (Å²) in [5, 5.41) is 0.448. The number of hydrogen-bond acceptors (Lipinski definition) is 2. The standard InChI is InChI=1S/C16H24FNS/c1-16(2,3)11-4-9-14(18)15(10-11)19-13-7-5-12(17)6-8-13/h5-8,11,14-15H,4,9-10,18H2,1-3H3. The second kappa shape index (κ2) is 5.84. The highest BCUT2D eigenvalue weighted by Gasteiger charge is 2.34. The molecule has 0 radical (unpaired) electrons. The highest BCUT2D eigenvalue weighted by Crippen LogP contribution is 2.42. The molecule has 1 aromatic carbocycles. The zero-order valence-corrected chi connectivity index (χ0v) is 12.8. The van der Waals surface area contributed by atoms with Crippen molar-refractivity contribution in [1.29, 1.82) is 0 Å². The molecule has 0 aliphatic heterocycles.